The molecule has 0 aromatic heterocycles. The van der Waals surface area contributed by atoms with E-state index in [-0.39, 0.29) is 0 Å². The molecule has 0 saturated carbocycles. The summed E-state index contributed by atoms with van der Waals surface area (Å²) in [6.07, 6.45) is 3.24. The lowest BCUT2D eigenvalue weighted by Gasteiger charge is -2.29. The molecule has 1 N–H and O–H groups in total. The van der Waals surface area contributed by atoms with Gasteiger partial charge in [0.1, 0.15) is 0 Å². The van der Waals surface area contributed by atoms with Gasteiger partial charge in [-0.05, 0) is 39.2 Å². The normalized spacial score (nSPS) is 38.2. The fourth-order valence-corrected chi connectivity index (χ4v) is 2.87. The van der Waals surface area contributed by atoms with Gasteiger partial charge >= 0.3 is 0 Å². The Hall–Kier alpha value is -0.0800. The van der Waals surface area contributed by atoms with E-state index >= 15 is 0 Å². The first-order valence-electron chi connectivity index (χ1n) is 6.50. The van der Waals surface area contributed by atoms with Crippen molar-refractivity contribution in [3.63, 3.8) is 0 Å². The molecule has 0 spiro atoms. The smallest absolute Gasteiger partial charge is 0.0597 e. The quantitative estimate of drug-likeness (QED) is 0.758. The summed E-state index contributed by atoms with van der Waals surface area (Å²) in [4.78, 5) is 0. The molecule has 0 aromatic carbocycles. The molecule has 0 radical (unpaired) electrons. The zero-order valence-corrected chi connectivity index (χ0v) is 10.9. The Kier molecular flexibility index (Phi) is 5.07. The second kappa shape index (κ2) is 5.86. The topological polar surface area (TPSA) is 21.3 Å². The molecule has 1 aliphatic heterocycles. The highest BCUT2D eigenvalue weighted by molar-refractivity contribution is 4.91. The van der Waals surface area contributed by atoms with E-state index in [1.54, 1.807) is 0 Å². The van der Waals surface area contributed by atoms with Crippen LogP contribution in [0.15, 0.2) is 0 Å². The first kappa shape index (κ1) is 13.0. The highest BCUT2D eigenvalue weighted by Crippen LogP contribution is 2.35. The molecule has 0 bridgehead atoms. The monoisotopic (exact) mass is 213 g/mol. The van der Waals surface area contributed by atoms with Crippen LogP contribution < -0.4 is 5.32 Å². The molecule has 5 atom stereocenters. The highest BCUT2D eigenvalue weighted by atomic mass is 16.5. The maximum Gasteiger partial charge on any atom is 0.0597 e. The molecule has 1 fully saturated rings. The average Bonchev–Trinajstić information content (AvgIpc) is 2.45. The maximum atomic E-state index is 5.91. The van der Waals surface area contributed by atoms with Crippen LogP contribution in [0.5, 0.6) is 0 Å². The van der Waals surface area contributed by atoms with E-state index in [1.165, 1.54) is 12.8 Å². The Morgan fingerprint density at radius 2 is 1.80 bits per heavy atom. The van der Waals surface area contributed by atoms with Crippen molar-refractivity contribution in [2.75, 3.05) is 6.54 Å². The number of hydrogen-bond donors (Lipinski definition) is 1. The van der Waals surface area contributed by atoms with Crippen molar-refractivity contribution in [1.29, 1.82) is 0 Å². The fraction of sp³-hybridized carbons (Fsp3) is 1.00. The van der Waals surface area contributed by atoms with E-state index < -0.39 is 0 Å². The average molecular weight is 213 g/mol. The Morgan fingerprint density at radius 1 is 1.13 bits per heavy atom. The maximum absolute atomic E-state index is 5.91. The minimum Gasteiger partial charge on any atom is -0.375 e. The summed E-state index contributed by atoms with van der Waals surface area (Å²) in [6, 6.07) is 0.625. The van der Waals surface area contributed by atoms with Crippen LogP contribution in [-0.2, 0) is 4.74 Å². The minimum atomic E-state index is 0.407. The Bertz CT molecular complexity index is 183. The molecule has 0 aliphatic carbocycles. The third-order valence-electron chi connectivity index (χ3n) is 3.88. The van der Waals surface area contributed by atoms with Crippen molar-refractivity contribution in [2.24, 2.45) is 11.8 Å². The van der Waals surface area contributed by atoms with Gasteiger partial charge in [0.05, 0.1) is 12.2 Å². The molecule has 0 aromatic rings. The van der Waals surface area contributed by atoms with E-state index in [2.05, 4.69) is 39.9 Å². The van der Waals surface area contributed by atoms with E-state index in [1.807, 2.05) is 0 Å². The van der Waals surface area contributed by atoms with E-state index in [0.717, 1.165) is 6.54 Å². The van der Waals surface area contributed by atoms with Crippen LogP contribution in [0.2, 0.25) is 0 Å². The molecule has 1 rings (SSSR count). The number of nitrogens with one attached hydrogen (secondary N) is 1. The second-order valence-electron chi connectivity index (χ2n) is 4.95. The Morgan fingerprint density at radius 3 is 2.20 bits per heavy atom. The molecule has 2 heteroatoms. The van der Waals surface area contributed by atoms with Gasteiger partial charge in [-0.1, -0.05) is 20.8 Å². The molecule has 2 nitrogen and oxygen atoms in total. The molecule has 1 saturated heterocycles. The van der Waals surface area contributed by atoms with E-state index in [4.69, 9.17) is 4.74 Å². The molecule has 1 aliphatic rings. The van der Waals surface area contributed by atoms with Crippen molar-refractivity contribution >= 4 is 0 Å². The summed E-state index contributed by atoms with van der Waals surface area (Å²) >= 11 is 0. The Balaban J connectivity index is 2.58. The van der Waals surface area contributed by atoms with Gasteiger partial charge in [0, 0.05) is 12.0 Å². The zero-order chi connectivity index (χ0) is 11.4. The lowest BCUT2D eigenvalue weighted by Crippen LogP contribution is -2.41. The molecule has 90 valence electrons. The van der Waals surface area contributed by atoms with Gasteiger partial charge in [0.25, 0.3) is 0 Å². The van der Waals surface area contributed by atoms with Crippen molar-refractivity contribution in [3.8, 4) is 0 Å². The standard InChI is InChI=1S/C13H27NO/c1-6-8-14-12(7-2)13-9(3)10(4)15-11(13)5/h9-14H,6-8H2,1-5H3. The van der Waals surface area contributed by atoms with Gasteiger partial charge in [0.15, 0.2) is 0 Å². The van der Waals surface area contributed by atoms with Crippen LogP contribution in [0.3, 0.4) is 0 Å². The predicted molar refractivity (Wildman–Crippen MR) is 65.0 cm³/mol. The molecular weight excluding hydrogens is 186 g/mol. The summed E-state index contributed by atoms with van der Waals surface area (Å²) in [5.41, 5.74) is 0. The van der Waals surface area contributed by atoms with Crippen molar-refractivity contribution < 1.29 is 4.74 Å². The van der Waals surface area contributed by atoms with Crippen LogP contribution in [-0.4, -0.2) is 24.8 Å². The largest absolute Gasteiger partial charge is 0.375 e. The summed E-state index contributed by atoms with van der Waals surface area (Å²) < 4.78 is 5.91. The summed E-state index contributed by atoms with van der Waals surface area (Å²) in [6.45, 7) is 12.4. The van der Waals surface area contributed by atoms with Crippen LogP contribution in [0.4, 0.5) is 0 Å². The van der Waals surface area contributed by atoms with Crippen LogP contribution in [0.25, 0.3) is 0 Å². The van der Waals surface area contributed by atoms with Gasteiger partial charge in [-0.25, -0.2) is 0 Å². The van der Waals surface area contributed by atoms with Gasteiger partial charge in [-0.2, -0.15) is 0 Å². The SMILES string of the molecule is CCCNC(CC)C1C(C)OC(C)C1C. The number of ether oxygens (including phenoxy) is 1. The third-order valence-corrected chi connectivity index (χ3v) is 3.88. The zero-order valence-electron chi connectivity index (χ0n) is 10.9. The summed E-state index contributed by atoms with van der Waals surface area (Å²) in [7, 11) is 0. The van der Waals surface area contributed by atoms with Gasteiger partial charge in [0.2, 0.25) is 0 Å². The molecule has 15 heavy (non-hydrogen) atoms. The molecule has 5 unspecified atom stereocenters. The second-order valence-corrected chi connectivity index (χ2v) is 4.95. The summed E-state index contributed by atoms with van der Waals surface area (Å²) in [5.74, 6) is 1.35. The summed E-state index contributed by atoms with van der Waals surface area (Å²) in [5, 5.41) is 3.66. The van der Waals surface area contributed by atoms with Crippen LogP contribution >= 0.6 is 0 Å². The van der Waals surface area contributed by atoms with Crippen LogP contribution in [0, 0.1) is 11.8 Å². The molecule has 1 heterocycles. The van der Waals surface area contributed by atoms with E-state index in [0.29, 0.717) is 30.1 Å². The van der Waals surface area contributed by atoms with Gasteiger partial charge in [-0.3, -0.25) is 0 Å². The highest BCUT2D eigenvalue weighted by Gasteiger charge is 2.40. The van der Waals surface area contributed by atoms with Crippen LogP contribution in [0.1, 0.15) is 47.5 Å². The van der Waals surface area contributed by atoms with Gasteiger partial charge < -0.3 is 10.1 Å². The number of hydrogen-bond acceptors (Lipinski definition) is 2. The fourth-order valence-electron chi connectivity index (χ4n) is 2.87. The first-order chi connectivity index (χ1) is 7.11. The molecule has 0 amide bonds. The lowest BCUT2D eigenvalue weighted by atomic mass is 9.82. The van der Waals surface area contributed by atoms with E-state index in [9.17, 15) is 0 Å². The minimum absolute atomic E-state index is 0.407. The number of rotatable bonds is 5. The van der Waals surface area contributed by atoms with Crippen molar-refractivity contribution in [2.45, 2.75) is 65.7 Å². The molecular formula is C13H27NO. The third kappa shape index (κ3) is 2.94. The van der Waals surface area contributed by atoms with Crippen molar-refractivity contribution in [3.05, 3.63) is 0 Å². The predicted octanol–water partition coefficient (Wildman–Crippen LogP) is 2.82. The first-order valence-corrected chi connectivity index (χ1v) is 6.50. The lowest BCUT2D eigenvalue weighted by molar-refractivity contribution is 0.0474. The van der Waals surface area contributed by atoms with Gasteiger partial charge in [-0.15, -0.1) is 0 Å². The van der Waals surface area contributed by atoms with Crippen molar-refractivity contribution in [1.82, 2.24) is 5.32 Å². The Labute approximate surface area is 94.8 Å².